The van der Waals surface area contributed by atoms with Gasteiger partial charge < -0.3 is 19.5 Å². The van der Waals surface area contributed by atoms with Crippen molar-refractivity contribution in [3.8, 4) is 28.5 Å². The van der Waals surface area contributed by atoms with Crippen LogP contribution in [0.25, 0.3) is 11.3 Å². The fraction of sp³-hybridized carbons (Fsp3) is 0.318. The lowest BCUT2D eigenvalue weighted by atomic mass is 10.0. The van der Waals surface area contributed by atoms with Gasteiger partial charge in [0.2, 0.25) is 5.82 Å². The number of ether oxygens (including phenoxy) is 3. The fourth-order valence-corrected chi connectivity index (χ4v) is 2.85. The van der Waals surface area contributed by atoms with Crippen LogP contribution in [-0.2, 0) is 4.79 Å². The lowest BCUT2D eigenvalue weighted by Crippen LogP contribution is -2.30. The molecule has 1 atom stereocenters. The summed E-state index contributed by atoms with van der Waals surface area (Å²) in [5, 5.41) is 10.4. The number of hydrogen-bond donors (Lipinski definition) is 1. The maximum Gasteiger partial charge on any atom is 0.266 e. The van der Waals surface area contributed by atoms with Crippen LogP contribution >= 0.6 is 0 Å². The van der Waals surface area contributed by atoms with E-state index in [9.17, 15) is 4.79 Å². The molecule has 1 amide bonds. The molecule has 0 saturated carbocycles. The van der Waals surface area contributed by atoms with Crippen LogP contribution in [0.1, 0.15) is 32.3 Å². The van der Waals surface area contributed by atoms with Gasteiger partial charge in [0.1, 0.15) is 5.75 Å². The third-order valence-corrected chi connectivity index (χ3v) is 4.62. The number of carbonyl (C=O) groups is 1. The Morgan fingerprint density at radius 3 is 2.30 bits per heavy atom. The minimum absolute atomic E-state index is 0.192. The molecule has 1 heterocycles. The zero-order chi connectivity index (χ0) is 21.7. The van der Waals surface area contributed by atoms with Crippen molar-refractivity contribution in [1.82, 2.24) is 10.3 Å². The molecular formula is C22H25N3O5. The summed E-state index contributed by atoms with van der Waals surface area (Å²) in [7, 11) is 3.09. The van der Waals surface area contributed by atoms with Gasteiger partial charge in [-0.2, -0.15) is 0 Å². The highest BCUT2D eigenvalue weighted by molar-refractivity contribution is 5.96. The van der Waals surface area contributed by atoms with Gasteiger partial charge in [0.05, 0.1) is 14.2 Å². The first-order chi connectivity index (χ1) is 14.4. The summed E-state index contributed by atoms with van der Waals surface area (Å²) >= 11 is 0. The van der Waals surface area contributed by atoms with Crippen molar-refractivity contribution in [3.63, 3.8) is 0 Å². The van der Waals surface area contributed by atoms with E-state index in [-0.39, 0.29) is 11.7 Å². The van der Waals surface area contributed by atoms with Crippen LogP contribution in [-0.4, -0.2) is 36.5 Å². The Balaban J connectivity index is 1.71. The molecule has 0 bridgehead atoms. The quantitative estimate of drug-likeness (QED) is 0.591. The monoisotopic (exact) mass is 411 g/mol. The molecule has 0 spiro atoms. The van der Waals surface area contributed by atoms with Gasteiger partial charge in [0.25, 0.3) is 5.91 Å². The summed E-state index contributed by atoms with van der Waals surface area (Å²) in [4.78, 5) is 12.6. The third-order valence-electron chi connectivity index (χ3n) is 4.62. The molecule has 1 aromatic heterocycles. The van der Waals surface area contributed by atoms with Crippen molar-refractivity contribution >= 4 is 11.7 Å². The van der Waals surface area contributed by atoms with E-state index in [0.29, 0.717) is 34.4 Å². The molecule has 0 saturated heterocycles. The molecule has 2 aromatic carbocycles. The molecule has 158 valence electrons. The molecule has 8 nitrogen and oxygen atoms in total. The summed E-state index contributed by atoms with van der Waals surface area (Å²) in [5.74, 6) is 1.96. The highest BCUT2D eigenvalue weighted by Crippen LogP contribution is 2.34. The van der Waals surface area contributed by atoms with E-state index in [4.69, 9.17) is 18.8 Å². The Hall–Kier alpha value is -3.55. The van der Waals surface area contributed by atoms with Gasteiger partial charge in [-0.25, -0.2) is 4.63 Å². The lowest BCUT2D eigenvalue weighted by Gasteiger charge is -2.15. The normalized spacial score (nSPS) is 11.8. The topological polar surface area (TPSA) is 95.7 Å². The molecule has 1 N–H and O–H groups in total. The number of anilines is 1. The molecule has 3 aromatic rings. The summed E-state index contributed by atoms with van der Waals surface area (Å²) in [6.45, 7) is 5.90. The number of hydrogen-bond acceptors (Lipinski definition) is 7. The van der Waals surface area contributed by atoms with Gasteiger partial charge in [0, 0.05) is 5.56 Å². The van der Waals surface area contributed by atoms with Crippen molar-refractivity contribution in [1.29, 1.82) is 0 Å². The molecule has 30 heavy (non-hydrogen) atoms. The summed E-state index contributed by atoms with van der Waals surface area (Å²) < 4.78 is 21.1. The number of carbonyl (C=O) groups excluding carboxylic acids is 1. The molecule has 0 aliphatic carbocycles. The molecule has 0 unspecified atom stereocenters. The predicted molar refractivity (Wildman–Crippen MR) is 112 cm³/mol. The second kappa shape index (κ2) is 9.30. The first kappa shape index (κ1) is 21.2. The first-order valence-corrected chi connectivity index (χ1v) is 9.55. The Morgan fingerprint density at radius 1 is 0.967 bits per heavy atom. The molecule has 0 aliphatic heterocycles. The first-order valence-electron chi connectivity index (χ1n) is 9.55. The average Bonchev–Trinajstić information content (AvgIpc) is 3.21. The van der Waals surface area contributed by atoms with Crippen molar-refractivity contribution in [2.75, 3.05) is 19.5 Å². The van der Waals surface area contributed by atoms with E-state index in [1.807, 2.05) is 24.3 Å². The zero-order valence-electron chi connectivity index (χ0n) is 17.6. The van der Waals surface area contributed by atoms with Crippen LogP contribution in [0.5, 0.6) is 17.2 Å². The minimum atomic E-state index is -0.746. The minimum Gasteiger partial charge on any atom is -0.493 e. The zero-order valence-corrected chi connectivity index (χ0v) is 17.6. The second-order valence-corrected chi connectivity index (χ2v) is 7.00. The van der Waals surface area contributed by atoms with Crippen LogP contribution in [0.4, 0.5) is 5.82 Å². The Kier molecular flexibility index (Phi) is 6.56. The number of aromatic nitrogens is 2. The standard InChI is InChI=1S/C22H25N3O5/c1-13(2)15-6-9-17(10-7-15)29-14(3)22(26)23-21-20(24-30-25-21)16-8-11-18(27-4)19(12-16)28-5/h6-14H,1-5H3,(H,23,25,26)/t14-/m1/s1. The maximum atomic E-state index is 12.6. The van der Waals surface area contributed by atoms with Gasteiger partial charge >= 0.3 is 0 Å². The molecule has 0 radical (unpaired) electrons. The molecule has 0 aliphatic rings. The number of rotatable bonds is 8. The van der Waals surface area contributed by atoms with E-state index < -0.39 is 6.10 Å². The van der Waals surface area contributed by atoms with E-state index >= 15 is 0 Å². The van der Waals surface area contributed by atoms with Crippen LogP contribution in [0.3, 0.4) is 0 Å². The van der Waals surface area contributed by atoms with Gasteiger partial charge in [-0.05, 0) is 59.1 Å². The molecule has 3 rings (SSSR count). The van der Waals surface area contributed by atoms with Crippen LogP contribution in [0, 0.1) is 0 Å². The summed E-state index contributed by atoms with van der Waals surface area (Å²) in [5.41, 5.74) is 2.23. The number of nitrogens with one attached hydrogen (secondary N) is 1. The predicted octanol–water partition coefficient (Wildman–Crippen LogP) is 4.28. The Bertz CT molecular complexity index is 998. The SMILES string of the molecule is COc1ccc(-c2nonc2NC(=O)[C@@H](C)Oc2ccc(C(C)C)cc2)cc1OC. The van der Waals surface area contributed by atoms with Crippen molar-refractivity contribution < 1.29 is 23.6 Å². The van der Waals surface area contributed by atoms with Gasteiger partial charge in [-0.15, -0.1) is 0 Å². The third kappa shape index (κ3) is 4.71. The van der Waals surface area contributed by atoms with Gasteiger partial charge in [-0.3, -0.25) is 4.79 Å². The summed E-state index contributed by atoms with van der Waals surface area (Å²) in [6, 6.07) is 12.9. The highest BCUT2D eigenvalue weighted by Gasteiger charge is 2.21. The van der Waals surface area contributed by atoms with Crippen LogP contribution < -0.4 is 19.5 Å². The Labute approximate surface area is 175 Å². The van der Waals surface area contributed by atoms with Crippen LogP contribution in [0.15, 0.2) is 47.1 Å². The van der Waals surface area contributed by atoms with E-state index in [0.717, 1.165) is 0 Å². The van der Waals surface area contributed by atoms with Gasteiger partial charge in [0.15, 0.2) is 23.3 Å². The second-order valence-electron chi connectivity index (χ2n) is 7.00. The maximum absolute atomic E-state index is 12.6. The Morgan fingerprint density at radius 2 is 1.67 bits per heavy atom. The average molecular weight is 411 g/mol. The van der Waals surface area contributed by atoms with Crippen molar-refractivity contribution in [3.05, 3.63) is 48.0 Å². The largest absolute Gasteiger partial charge is 0.493 e. The molecular weight excluding hydrogens is 386 g/mol. The number of methoxy groups -OCH3 is 2. The number of amides is 1. The van der Waals surface area contributed by atoms with E-state index in [1.54, 1.807) is 32.2 Å². The van der Waals surface area contributed by atoms with Crippen molar-refractivity contribution in [2.45, 2.75) is 32.8 Å². The van der Waals surface area contributed by atoms with Crippen LogP contribution in [0.2, 0.25) is 0 Å². The smallest absolute Gasteiger partial charge is 0.266 e. The van der Waals surface area contributed by atoms with Gasteiger partial charge in [-0.1, -0.05) is 26.0 Å². The molecule has 8 heteroatoms. The van der Waals surface area contributed by atoms with Crippen molar-refractivity contribution in [2.24, 2.45) is 0 Å². The van der Waals surface area contributed by atoms with E-state index in [1.165, 1.54) is 12.7 Å². The lowest BCUT2D eigenvalue weighted by molar-refractivity contribution is -0.122. The highest BCUT2D eigenvalue weighted by atomic mass is 16.6. The number of nitrogens with zero attached hydrogens (tertiary/aromatic N) is 2. The fourth-order valence-electron chi connectivity index (χ4n) is 2.85. The summed E-state index contributed by atoms with van der Waals surface area (Å²) in [6.07, 6.45) is -0.746. The van der Waals surface area contributed by atoms with E-state index in [2.05, 4.69) is 29.5 Å². The number of benzene rings is 2. The molecule has 0 fully saturated rings.